The molecule has 0 unspecified atom stereocenters. The summed E-state index contributed by atoms with van der Waals surface area (Å²) >= 11 is 3.39. The normalized spacial score (nSPS) is 10.4. The summed E-state index contributed by atoms with van der Waals surface area (Å²) in [5, 5.41) is 0. The number of rotatable bonds is 3. The molecule has 2 rings (SSSR count). The predicted molar refractivity (Wildman–Crippen MR) is 61.6 cm³/mol. The third-order valence-corrected chi connectivity index (χ3v) is 3.95. The Kier molecular flexibility index (Phi) is 2.79. The summed E-state index contributed by atoms with van der Waals surface area (Å²) in [7, 11) is 0. The molecule has 0 amide bonds. The topological polar surface area (TPSA) is 17.1 Å². The maximum Gasteiger partial charge on any atom is 0.160 e. The van der Waals surface area contributed by atoms with Gasteiger partial charge in [-0.25, -0.2) is 0 Å². The van der Waals surface area contributed by atoms with E-state index in [-0.39, 0.29) is 0 Å². The Morgan fingerprint density at radius 2 is 1.86 bits per heavy atom. The lowest BCUT2D eigenvalue weighted by atomic mass is 10.3. The van der Waals surface area contributed by atoms with Gasteiger partial charge in [0.25, 0.3) is 0 Å². The van der Waals surface area contributed by atoms with Crippen LogP contribution < -0.4 is 0 Å². The Labute approximate surface area is 91.0 Å². The molecule has 2 heterocycles. The van der Waals surface area contributed by atoms with Crippen molar-refractivity contribution < 1.29 is 4.79 Å². The highest BCUT2D eigenvalue weighted by molar-refractivity contribution is 7.14. The minimum absolute atomic E-state index is 0.813. The zero-order chi connectivity index (χ0) is 9.97. The van der Waals surface area contributed by atoms with Crippen LogP contribution in [0.5, 0.6) is 0 Å². The monoisotopic (exact) mass is 222 g/mol. The Morgan fingerprint density at radius 1 is 1.14 bits per heavy atom. The predicted octanol–water partition coefficient (Wildman–Crippen LogP) is 3.52. The molecule has 72 valence electrons. The third kappa shape index (κ3) is 2.11. The highest BCUT2D eigenvalue weighted by Crippen LogP contribution is 2.23. The molecule has 14 heavy (non-hydrogen) atoms. The smallest absolute Gasteiger partial charge is 0.160 e. The summed E-state index contributed by atoms with van der Waals surface area (Å²) in [5.74, 6) is 0. The summed E-state index contributed by atoms with van der Waals surface area (Å²) in [6.07, 6.45) is 1.87. The van der Waals surface area contributed by atoms with Crippen molar-refractivity contribution in [1.82, 2.24) is 0 Å². The van der Waals surface area contributed by atoms with E-state index in [0.717, 1.165) is 17.6 Å². The molecule has 2 aromatic heterocycles. The van der Waals surface area contributed by atoms with Crippen molar-refractivity contribution in [2.45, 2.75) is 13.3 Å². The Balaban J connectivity index is 2.14. The fraction of sp³-hybridized carbons (Fsp3) is 0.182. The van der Waals surface area contributed by atoms with Gasteiger partial charge in [0.1, 0.15) is 0 Å². The van der Waals surface area contributed by atoms with E-state index < -0.39 is 0 Å². The zero-order valence-corrected chi connectivity index (χ0v) is 9.45. The van der Waals surface area contributed by atoms with Crippen molar-refractivity contribution in [3.05, 3.63) is 43.8 Å². The summed E-state index contributed by atoms with van der Waals surface area (Å²) in [6, 6.07) is 8.20. The first-order valence-electron chi connectivity index (χ1n) is 4.37. The van der Waals surface area contributed by atoms with Crippen molar-refractivity contribution in [2.24, 2.45) is 0 Å². The van der Waals surface area contributed by atoms with Crippen LogP contribution in [-0.4, -0.2) is 6.29 Å². The van der Waals surface area contributed by atoms with Crippen LogP contribution in [0.1, 0.15) is 24.3 Å². The summed E-state index contributed by atoms with van der Waals surface area (Å²) in [6.45, 7) is 2.11. The van der Waals surface area contributed by atoms with Gasteiger partial charge in [-0.3, -0.25) is 4.79 Å². The average molecular weight is 222 g/mol. The van der Waals surface area contributed by atoms with Crippen molar-refractivity contribution in [2.75, 3.05) is 0 Å². The molecule has 0 aliphatic rings. The van der Waals surface area contributed by atoms with Crippen molar-refractivity contribution in [3.8, 4) is 0 Å². The molecule has 0 spiro atoms. The van der Waals surface area contributed by atoms with E-state index in [1.807, 2.05) is 23.5 Å². The van der Waals surface area contributed by atoms with Crippen LogP contribution in [0.25, 0.3) is 0 Å². The summed E-state index contributed by atoms with van der Waals surface area (Å²) < 4.78 is 0. The van der Waals surface area contributed by atoms with Crippen LogP contribution in [0.4, 0.5) is 0 Å². The molecule has 0 saturated heterocycles. The second kappa shape index (κ2) is 4.07. The van der Waals surface area contributed by atoms with Crippen LogP contribution in [0.3, 0.4) is 0 Å². The van der Waals surface area contributed by atoms with E-state index in [1.165, 1.54) is 14.6 Å². The van der Waals surface area contributed by atoms with Crippen LogP contribution in [-0.2, 0) is 6.42 Å². The number of hydrogen-bond donors (Lipinski definition) is 0. The van der Waals surface area contributed by atoms with E-state index in [0.29, 0.717) is 0 Å². The Morgan fingerprint density at radius 3 is 2.43 bits per heavy atom. The average Bonchev–Trinajstić information content (AvgIpc) is 2.76. The molecule has 0 fully saturated rings. The third-order valence-electron chi connectivity index (χ3n) is 1.94. The van der Waals surface area contributed by atoms with Gasteiger partial charge >= 0.3 is 0 Å². The van der Waals surface area contributed by atoms with E-state index in [9.17, 15) is 4.79 Å². The van der Waals surface area contributed by atoms with Gasteiger partial charge in [0.2, 0.25) is 0 Å². The lowest BCUT2D eigenvalue weighted by Gasteiger charge is -1.91. The van der Waals surface area contributed by atoms with E-state index in [1.54, 1.807) is 11.3 Å². The van der Waals surface area contributed by atoms with Crippen molar-refractivity contribution in [3.63, 3.8) is 0 Å². The van der Waals surface area contributed by atoms with Gasteiger partial charge in [0.15, 0.2) is 6.29 Å². The maximum absolute atomic E-state index is 10.5. The van der Waals surface area contributed by atoms with E-state index in [2.05, 4.69) is 19.1 Å². The van der Waals surface area contributed by atoms with Gasteiger partial charge in [-0.2, -0.15) is 0 Å². The molecule has 0 aliphatic carbocycles. The molecule has 0 radical (unpaired) electrons. The van der Waals surface area contributed by atoms with Gasteiger partial charge in [-0.1, -0.05) is 0 Å². The molecule has 0 aliphatic heterocycles. The molecule has 1 nitrogen and oxygen atoms in total. The second-order valence-electron chi connectivity index (χ2n) is 3.11. The molecule has 0 aromatic carbocycles. The Bertz CT molecular complexity index is 440. The van der Waals surface area contributed by atoms with Gasteiger partial charge < -0.3 is 0 Å². The van der Waals surface area contributed by atoms with Gasteiger partial charge in [-0.15, -0.1) is 22.7 Å². The molecule has 3 heteroatoms. The molecular formula is C11H10OS2. The lowest BCUT2D eigenvalue weighted by molar-refractivity contribution is 0.112. The summed E-state index contributed by atoms with van der Waals surface area (Å²) in [4.78, 5) is 15.3. The van der Waals surface area contributed by atoms with E-state index >= 15 is 0 Å². The second-order valence-corrected chi connectivity index (χ2v) is 5.68. The number of aryl methyl sites for hydroxylation is 1. The molecular weight excluding hydrogens is 212 g/mol. The van der Waals surface area contributed by atoms with Crippen LogP contribution in [0.15, 0.2) is 24.3 Å². The maximum atomic E-state index is 10.5. The van der Waals surface area contributed by atoms with Crippen LogP contribution >= 0.6 is 22.7 Å². The first-order valence-corrected chi connectivity index (χ1v) is 6.00. The minimum Gasteiger partial charge on any atom is -0.297 e. The lowest BCUT2D eigenvalue weighted by Crippen LogP contribution is -1.76. The number of carbonyl (C=O) groups is 1. The quantitative estimate of drug-likeness (QED) is 0.726. The molecule has 0 N–H and O–H groups in total. The molecule has 0 atom stereocenters. The molecule has 0 bridgehead atoms. The van der Waals surface area contributed by atoms with Crippen molar-refractivity contribution in [1.29, 1.82) is 0 Å². The first-order chi connectivity index (χ1) is 6.78. The number of thiophene rings is 2. The highest BCUT2D eigenvalue weighted by Gasteiger charge is 2.02. The van der Waals surface area contributed by atoms with Gasteiger partial charge in [0, 0.05) is 21.1 Å². The fourth-order valence-corrected chi connectivity index (χ4v) is 3.16. The molecule has 0 saturated carbocycles. The standard InChI is InChI=1S/C11H10OS2/c1-8-2-3-9(13-8)6-10-4-5-11(7-12)14-10/h2-5,7H,6H2,1H3. The van der Waals surface area contributed by atoms with Crippen LogP contribution in [0.2, 0.25) is 0 Å². The molecule has 2 aromatic rings. The zero-order valence-electron chi connectivity index (χ0n) is 7.82. The number of hydrogen-bond acceptors (Lipinski definition) is 3. The largest absolute Gasteiger partial charge is 0.297 e. The Hall–Kier alpha value is -0.930. The van der Waals surface area contributed by atoms with E-state index in [4.69, 9.17) is 0 Å². The van der Waals surface area contributed by atoms with Crippen LogP contribution in [0, 0.1) is 6.92 Å². The SMILES string of the molecule is Cc1ccc(Cc2ccc(C=O)s2)s1. The highest BCUT2D eigenvalue weighted by atomic mass is 32.1. The van der Waals surface area contributed by atoms with Crippen molar-refractivity contribution >= 4 is 29.0 Å². The fourth-order valence-electron chi connectivity index (χ4n) is 1.30. The first kappa shape index (κ1) is 9.62. The number of carbonyl (C=O) groups excluding carboxylic acids is 1. The summed E-state index contributed by atoms with van der Waals surface area (Å²) in [5.41, 5.74) is 0. The van der Waals surface area contributed by atoms with Gasteiger partial charge in [-0.05, 0) is 31.2 Å². The number of aldehydes is 1. The van der Waals surface area contributed by atoms with Gasteiger partial charge in [0.05, 0.1) is 4.88 Å². The minimum atomic E-state index is 0.813.